The molecule has 0 heterocycles. The van der Waals surface area contributed by atoms with Crippen molar-refractivity contribution >= 4 is 23.4 Å². The smallest absolute Gasteiger partial charge is 0.306 e. The fourth-order valence-electron chi connectivity index (χ4n) is 1.30. The normalized spacial score (nSPS) is 10.1. The number of hydrogen-bond donors (Lipinski definition) is 1. The molecule has 1 aromatic carbocycles. The standard InChI is InChI=1S/C13H19NO3S/c1-3-7-17-12-9-10(4-5-11(12)14)18-8-6-13(15)16-2/h4-5,9H,3,6-8,14H2,1-2H3. The molecule has 0 aliphatic carbocycles. The number of hydrogen-bond acceptors (Lipinski definition) is 5. The molecule has 0 spiro atoms. The molecule has 0 aliphatic rings. The van der Waals surface area contributed by atoms with Gasteiger partial charge >= 0.3 is 5.97 Å². The molecular formula is C13H19NO3S. The van der Waals surface area contributed by atoms with Crippen molar-refractivity contribution in [3.8, 4) is 5.75 Å². The Labute approximate surface area is 112 Å². The molecule has 0 aliphatic heterocycles. The summed E-state index contributed by atoms with van der Waals surface area (Å²) < 4.78 is 10.1. The van der Waals surface area contributed by atoms with Gasteiger partial charge in [0.25, 0.3) is 0 Å². The Bertz CT molecular complexity index is 396. The summed E-state index contributed by atoms with van der Waals surface area (Å²) >= 11 is 1.58. The van der Waals surface area contributed by atoms with Crippen LogP contribution in [-0.4, -0.2) is 25.4 Å². The van der Waals surface area contributed by atoms with Gasteiger partial charge < -0.3 is 15.2 Å². The predicted molar refractivity (Wildman–Crippen MR) is 74.0 cm³/mol. The van der Waals surface area contributed by atoms with Crippen LogP contribution in [0.1, 0.15) is 19.8 Å². The van der Waals surface area contributed by atoms with E-state index in [1.54, 1.807) is 11.8 Å². The third-order valence-electron chi connectivity index (χ3n) is 2.25. The van der Waals surface area contributed by atoms with E-state index >= 15 is 0 Å². The van der Waals surface area contributed by atoms with Crippen molar-refractivity contribution in [2.75, 3.05) is 25.2 Å². The third-order valence-corrected chi connectivity index (χ3v) is 3.24. The van der Waals surface area contributed by atoms with Crippen molar-refractivity contribution in [2.45, 2.75) is 24.7 Å². The van der Waals surface area contributed by atoms with Crippen LogP contribution in [0.4, 0.5) is 5.69 Å². The van der Waals surface area contributed by atoms with Crippen molar-refractivity contribution in [3.63, 3.8) is 0 Å². The van der Waals surface area contributed by atoms with Crippen LogP contribution in [-0.2, 0) is 9.53 Å². The van der Waals surface area contributed by atoms with E-state index in [1.807, 2.05) is 25.1 Å². The van der Waals surface area contributed by atoms with Gasteiger partial charge in [-0.3, -0.25) is 4.79 Å². The highest BCUT2D eigenvalue weighted by atomic mass is 32.2. The largest absolute Gasteiger partial charge is 0.491 e. The first-order chi connectivity index (χ1) is 8.67. The van der Waals surface area contributed by atoms with Gasteiger partial charge in [-0.05, 0) is 24.6 Å². The van der Waals surface area contributed by atoms with Crippen LogP contribution in [0.2, 0.25) is 0 Å². The maximum absolute atomic E-state index is 11.0. The Morgan fingerprint density at radius 1 is 1.44 bits per heavy atom. The maximum atomic E-state index is 11.0. The number of methoxy groups -OCH3 is 1. The molecule has 0 saturated carbocycles. The summed E-state index contributed by atoms with van der Waals surface area (Å²) in [6, 6.07) is 5.66. The molecule has 0 amide bonds. The zero-order valence-corrected chi connectivity index (χ0v) is 11.6. The van der Waals surface area contributed by atoms with Crippen LogP contribution in [0.3, 0.4) is 0 Å². The minimum atomic E-state index is -0.194. The van der Waals surface area contributed by atoms with Crippen molar-refractivity contribution in [2.24, 2.45) is 0 Å². The van der Waals surface area contributed by atoms with Gasteiger partial charge in [0.15, 0.2) is 0 Å². The molecular weight excluding hydrogens is 250 g/mol. The van der Waals surface area contributed by atoms with Crippen LogP contribution in [0, 0.1) is 0 Å². The Morgan fingerprint density at radius 2 is 2.22 bits per heavy atom. The molecule has 0 bridgehead atoms. The van der Waals surface area contributed by atoms with Crippen molar-refractivity contribution in [1.29, 1.82) is 0 Å². The number of carbonyl (C=O) groups excluding carboxylic acids is 1. The minimum Gasteiger partial charge on any atom is -0.491 e. The fourth-order valence-corrected chi connectivity index (χ4v) is 2.15. The first kappa shape index (κ1) is 14.7. The highest BCUT2D eigenvalue weighted by molar-refractivity contribution is 7.99. The molecule has 5 heteroatoms. The van der Waals surface area contributed by atoms with Crippen LogP contribution in [0.25, 0.3) is 0 Å². The number of nitrogens with two attached hydrogens (primary N) is 1. The second-order valence-corrected chi connectivity index (χ2v) is 4.89. The Balaban J connectivity index is 2.53. The molecule has 2 N–H and O–H groups in total. The average molecular weight is 269 g/mol. The van der Waals surface area contributed by atoms with Crippen molar-refractivity contribution < 1.29 is 14.3 Å². The van der Waals surface area contributed by atoms with Gasteiger partial charge in [0.2, 0.25) is 0 Å². The summed E-state index contributed by atoms with van der Waals surface area (Å²) in [6.07, 6.45) is 1.34. The lowest BCUT2D eigenvalue weighted by molar-refractivity contribution is -0.140. The number of nitrogen functional groups attached to an aromatic ring is 1. The van der Waals surface area contributed by atoms with E-state index in [0.29, 0.717) is 30.2 Å². The van der Waals surface area contributed by atoms with E-state index in [0.717, 1.165) is 11.3 Å². The summed E-state index contributed by atoms with van der Waals surface area (Å²) in [5, 5.41) is 0. The van der Waals surface area contributed by atoms with Gasteiger partial charge in [0.1, 0.15) is 5.75 Å². The van der Waals surface area contributed by atoms with E-state index in [1.165, 1.54) is 7.11 Å². The molecule has 1 rings (SSSR count). The van der Waals surface area contributed by atoms with E-state index in [9.17, 15) is 4.79 Å². The first-order valence-corrected chi connectivity index (χ1v) is 6.88. The minimum absolute atomic E-state index is 0.194. The lowest BCUT2D eigenvalue weighted by Gasteiger charge is -2.09. The van der Waals surface area contributed by atoms with E-state index in [4.69, 9.17) is 10.5 Å². The third kappa shape index (κ3) is 4.87. The summed E-state index contributed by atoms with van der Waals surface area (Å²) in [5.41, 5.74) is 6.46. The lowest BCUT2D eigenvalue weighted by atomic mass is 10.3. The second-order valence-electron chi connectivity index (χ2n) is 3.72. The SMILES string of the molecule is CCCOc1cc(SCCC(=O)OC)ccc1N. The summed E-state index contributed by atoms with van der Waals surface area (Å²) in [7, 11) is 1.40. The molecule has 0 aromatic heterocycles. The zero-order chi connectivity index (χ0) is 13.4. The molecule has 1 aromatic rings. The number of carbonyl (C=O) groups is 1. The predicted octanol–water partition coefficient (Wildman–Crippen LogP) is 2.71. The van der Waals surface area contributed by atoms with Gasteiger partial charge in [0.05, 0.1) is 25.8 Å². The number of benzene rings is 1. The van der Waals surface area contributed by atoms with E-state index in [2.05, 4.69) is 4.74 Å². The van der Waals surface area contributed by atoms with E-state index in [-0.39, 0.29) is 5.97 Å². The molecule has 4 nitrogen and oxygen atoms in total. The average Bonchev–Trinajstić information content (AvgIpc) is 2.38. The maximum Gasteiger partial charge on any atom is 0.306 e. The van der Waals surface area contributed by atoms with Crippen molar-refractivity contribution in [3.05, 3.63) is 18.2 Å². The number of esters is 1. The van der Waals surface area contributed by atoms with Gasteiger partial charge in [-0.1, -0.05) is 6.92 Å². The van der Waals surface area contributed by atoms with Crippen molar-refractivity contribution in [1.82, 2.24) is 0 Å². The van der Waals surface area contributed by atoms with Gasteiger partial charge in [-0.15, -0.1) is 11.8 Å². The number of thioether (sulfide) groups is 1. The lowest BCUT2D eigenvalue weighted by Crippen LogP contribution is -2.01. The number of anilines is 1. The van der Waals surface area contributed by atoms with Gasteiger partial charge in [0, 0.05) is 10.6 Å². The molecule has 0 saturated heterocycles. The Kier molecular flexibility index (Phi) is 6.43. The summed E-state index contributed by atoms with van der Waals surface area (Å²) in [6.45, 7) is 2.70. The van der Waals surface area contributed by atoms with Crippen LogP contribution in [0.5, 0.6) is 5.75 Å². The zero-order valence-electron chi connectivity index (χ0n) is 10.8. The first-order valence-electron chi connectivity index (χ1n) is 5.89. The quantitative estimate of drug-likeness (QED) is 0.468. The summed E-state index contributed by atoms with van der Waals surface area (Å²) in [5.74, 6) is 1.20. The van der Waals surface area contributed by atoms with Gasteiger partial charge in [-0.2, -0.15) is 0 Å². The second kappa shape index (κ2) is 7.87. The Hall–Kier alpha value is -1.36. The molecule has 0 unspecified atom stereocenters. The van der Waals surface area contributed by atoms with Gasteiger partial charge in [-0.25, -0.2) is 0 Å². The number of rotatable bonds is 7. The molecule has 100 valence electrons. The summed E-state index contributed by atoms with van der Waals surface area (Å²) in [4.78, 5) is 12.0. The molecule has 0 fully saturated rings. The molecule has 0 radical (unpaired) electrons. The molecule has 0 atom stereocenters. The van der Waals surface area contributed by atoms with Crippen LogP contribution in [0.15, 0.2) is 23.1 Å². The topological polar surface area (TPSA) is 61.5 Å². The highest BCUT2D eigenvalue weighted by Gasteiger charge is 2.05. The number of ether oxygens (including phenoxy) is 2. The van der Waals surface area contributed by atoms with Crippen LogP contribution < -0.4 is 10.5 Å². The monoisotopic (exact) mass is 269 g/mol. The molecule has 18 heavy (non-hydrogen) atoms. The Morgan fingerprint density at radius 3 is 2.89 bits per heavy atom. The van der Waals surface area contributed by atoms with Crippen LogP contribution >= 0.6 is 11.8 Å². The van der Waals surface area contributed by atoms with E-state index < -0.39 is 0 Å². The fraction of sp³-hybridized carbons (Fsp3) is 0.462. The highest BCUT2D eigenvalue weighted by Crippen LogP contribution is 2.28.